The van der Waals surface area contributed by atoms with Crippen LogP contribution in [0.1, 0.15) is 38.1 Å². The second-order valence-electron chi connectivity index (χ2n) is 10.4. The first-order valence-corrected chi connectivity index (χ1v) is 13.3. The van der Waals surface area contributed by atoms with Crippen LogP contribution in [0, 0.1) is 11.3 Å². The smallest absolute Gasteiger partial charge is 0.329 e. The average molecular weight is 521 g/mol. The number of aliphatic hydroxyl groups excluding tert-OH is 1. The van der Waals surface area contributed by atoms with Gasteiger partial charge in [0.2, 0.25) is 5.91 Å². The lowest BCUT2D eigenvalue weighted by Gasteiger charge is -2.38. The van der Waals surface area contributed by atoms with Gasteiger partial charge in [-0.2, -0.15) is 0 Å². The van der Waals surface area contributed by atoms with Crippen molar-refractivity contribution >= 4 is 34.5 Å². The molecule has 3 amide bonds. The summed E-state index contributed by atoms with van der Waals surface area (Å²) in [7, 11) is 0. The maximum atomic E-state index is 12.4. The molecular formula is C27H36N8O3. The number of hydrogen-bond donors (Lipinski definition) is 4. The van der Waals surface area contributed by atoms with Crippen LogP contribution in [0.4, 0.5) is 10.6 Å². The number of carbonyl (C=O) groups excluding carboxylic acids is 2. The molecule has 0 bridgehead atoms. The van der Waals surface area contributed by atoms with Crippen LogP contribution in [0.5, 0.6) is 0 Å². The Morgan fingerprint density at radius 1 is 1.11 bits per heavy atom. The fourth-order valence-electron chi connectivity index (χ4n) is 5.80. The minimum atomic E-state index is -0.412. The molecular weight excluding hydrogens is 484 g/mol. The number of fused-ring (bicyclic) bond motifs is 1. The molecule has 5 N–H and O–H groups in total. The zero-order valence-corrected chi connectivity index (χ0v) is 21.6. The summed E-state index contributed by atoms with van der Waals surface area (Å²) in [6, 6.07) is 4.02. The quantitative estimate of drug-likeness (QED) is 0.198. The number of anilines is 1. The Labute approximate surface area is 222 Å². The van der Waals surface area contributed by atoms with Crippen molar-refractivity contribution in [3.8, 4) is 0 Å². The number of likely N-dealkylation sites (tertiary alicyclic amines) is 2. The van der Waals surface area contributed by atoms with E-state index in [2.05, 4.69) is 30.9 Å². The number of pyridine rings is 1. The topological polar surface area (TPSA) is 144 Å². The van der Waals surface area contributed by atoms with Gasteiger partial charge in [0.05, 0.1) is 11.2 Å². The van der Waals surface area contributed by atoms with Gasteiger partial charge in [-0.1, -0.05) is 0 Å². The Hall–Kier alpha value is -3.86. The third-order valence-corrected chi connectivity index (χ3v) is 7.94. The Morgan fingerprint density at radius 2 is 1.87 bits per heavy atom. The molecule has 3 fully saturated rings. The third kappa shape index (κ3) is 5.52. The number of allylic oxidation sites excluding steroid dienone is 1. The first-order valence-electron chi connectivity index (χ1n) is 13.3. The number of urea groups is 1. The van der Waals surface area contributed by atoms with E-state index in [1.54, 1.807) is 23.2 Å². The molecule has 5 heterocycles. The Morgan fingerprint density at radius 3 is 2.58 bits per heavy atom. The molecule has 3 aliphatic rings. The van der Waals surface area contributed by atoms with Crippen molar-refractivity contribution in [3.05, 3.63) is 48.6 Å². The first-order chi connectivity index (χ1) is 18.4. The third-order valence-electron chi connectivity index (χ3n) is 7.94. The maximum Gasteiger partial charge on any atom is 0.329 e. The molecule has 0 radical (unpaired) electrons. The largest absolute Gasteiger partial charge is 0.513 e. The number of imide groups is 1. The van der Waals surface area contributed by atoms with E-state index < -0.39 is 6.03 Å². The first kappa shape index (κ1) is 25.8. The normalized spacial score (nSPS) is 21.0. The number of nitrogens with one attached hydrogen (secondary N) is 2. The van der Waals surface area contributed by atoms with E-state index in [0.29, 0.717) is 30.2 Å². The second-order valence-corrected chi connectivity index (χ2v) is 10.4. The van der Waals surface area contributed by atoms with E-state index in [9.17, 15) is 9.59 Å². The molecule has 202 valence electrons. The minimum Gasteiger partial charge on any atom is -0.513 e. The Balaban J connectivity index is 1.14. The predicted octanol–water partition coefficient (Wildman–Crippen LogP) is 2.72. The highest BCUT2D eigenvalue weighted by molar-refractivity contribution is 6.08. The molecule has 0 aromatic carbocycles. The van der Waals surface area contributed by atoms with Crippen molar-refractivity contribution in [3.63, 3.8) is 0 Å². The minimum absolute atomic E-state index is 0.241. The second kappa shape index (κ2) is 11.3. The van der Waals surface area contributed by atoms with E-state index in [1.807, 2.05) is 12.1 Å². The van der Waals surface area contributed by atoms with Gasteiger partial charge in [-0.25, -0.2) is 9.78 Å². The molecule has 2 aromatic heterocycles. The van der Waals surface area contributed by atoms with E-state index >= 15 is 0 Å². The summed E-state index contributed by atoms with van der Waals surface area (Å²) in [4.78, 5) is 34.6. The van der Waals surface area contributed by atoms with Crippen molar-refractivity contribution in [2.45, 2.75) is 38.1 Å². The highest BCUT2D eigenvalue weighted by atomic mass is 16.2. The SMILES string of the molecule is N=C(C=CC(N)=CO)N1CCC(CN2CCC(n3ccc4c(N5CCC(=O)NC5=O)nccc43)CC2)CC1. The van der Waals surface area contributed by atoms with Gasteiger partial charge in [0.15, 0.2) is 0 Å². The summed E-state index contributed by atoms with van der Waals surface area (Å²) < 4.78 is 2.32. The summed E-state index contributed by atoms with van der Waals surface area (Å²) in [5, 5.41) is 20.4. The van der Waals surface area contributed by atoms with Gasteiger partial charge in [0, 0.05) is 69.5 Å². The number of nitrogens with zero attached hydrogens (tertiary/aromatic N) is 5. The highest BCUT2D eigenvalue weighted by Crippen LogP contribution is 2.32. The lowest BCUT2D eigenvalue weighted by Crippen LogP contribution is -2.49. The predicted molar refractivity (Wildman–Crippen MR) is 146 cm³/mol. The number of amidine groups is 1. The summed E-state index contributed by atoms with van der Waals surface area (Å²) in [6.07, 6.45) is 12.4. The van der Waals surface area contributed by atoms with Crippen LogP contribution in [0.15, 0.2) is 48.6 Å². The van der Waals surface area contributed by atoms with Crippen molar-refractivity contribution in [1.29, 1.82) is 5.41 Å². The van der Waals surface area contributed by atoms with Gasteiger partial charge in [-0.15, -0.1) is 0 Å². The molecule has 11 nitrogen and oxygen atoms in total. The van der Waals surface area contributed by atoms with Crippen LogP contribution in [-0.4, -0.2) is 81.5 Å². The van der Waals surface area contributed by atoms with Crippen LogP contribution in [0.3, 0.4) is 0 Å². The number of piperidine rings is 2. The van der Waals surface area contributed by atoms with E-state index in [1.165, 1.54) is 0 Å². The van der Waals surface area contributed by atoms with Gasteiger partial charge in [0.1, 0.15) is 17.9 Å². The van der Waals surface area contributed by atoms with Gasteiger partial charge in [0.25, 0.3) is 0 Å². The number of aliphatic hydroxyl groups is 1. The molecule has 0 atom stereocenters. The number of carbonyl (C=O) groups is 2. The monoisotopic (exact) mass is 520 g/mol. The zero-order valence-electron chi connectivity index (χ0n) is 21.6. The molecule has 2 aromatic rings. The van der Waals surface area contributed by atoms with Crippen LogP contribution in [0.25, 0.3) is 10.9 Å². The summed E-state index contributed by atoms with van der Waals surface area (Å²) >= 11 is 0. The van der Waals surface area contributed by atoms with Crippen molar-refractivity contribution < 1.29 is 14.7 Å². The molecule has 11 heteroatoms. The van der Waals surface area contributed by atoms with Crippen LogP contribution in [-0.2, 0) is 4.79 Å². The highest BCUT2D eigenvalue weighted by Gasteiger charge is 2.29. The van der Waals surface area contributed by atoms with Gasteiger partial charge < -0.3 is 25.2 Å². The van der Waals surface area contributed by atoms with E-state index in [4.69, 9.17) is 16.2 Å². The van der Waals surface area contributed by atoms with Crippen molar-refractivity contribution in [1.82, 2.24) is 24.7 Å². The van der Waals surface area contributed by atoms with Crippen molar-refractivity contribution in [2.75, 3.05) is 44.2 Å². The summed E-state index contributed by atoms with van der Waals surface area (Å²) in [6.45, 7) is 5.25. The molecule has 38 heavy (non-hydrogen) atoms. The lowest BCUT2D eigenvalue weighted by molar-refractivity contribution is -0.120. The van der Waals surface area contributed by atoms with Crippen LogP contribution in [0.2, 0.25) is 0 Å². The van der Waals surface area contributed by atoms with Gasteiger partial charge in [-0.05, 0) is 55.9 Å². The van der Waals surface area contributed by atoms with E-state index in [0.717, 1.165) is 75.6 Å². The number of rotatable bonds is 6. The van der Waals surface area contributed by atoms with E-state index in [-0.39, 0.29) is 18.0 Å². The number of nitrogens with two attached hydrogens (primary N) is 1. The lowest BCUT2D eigenvalue weighted by atomic mass is 9.94. The van der Waals surface area contributed by atoms with Gasteiger partial charge >= 0.3 is 6.03 Å². The number of amides is 3. The molecule has 0 aliphatic carbocycles. The zero-order chi connectivity index (χ0) is 26.6. The standard InChI is InChI=1S/C27H36N8O3/c28-20(18-36)1-2-24(29)33-13-4-19(5-14-33)17-32-11-6-21(7-12-32)34-15-8-22-23(34)3-10-30-26(22)35-16-9-25(37)31-27(35)38/h1-3,8,10,15,18-19,21,29,36H,4-7,9,11-14,16-17,28H2,(H,31,37,38). The number of hydrogen-bond acceptors (Lipinski definition) is 7. The summed E-state index contributed by atoms with van der Waals surface area (Å²) in [5.41, 5.74) is 6.87. The number of aromatic nitrogens is 2. The molecule has 0 unspecified atom stereocenters. The average Bonchev–Trinajstić information content (AvgIpc) is 3.37. The summed E-state index contributed by atoms with van der Waals surface area (Å²) in [5.74, 6) is 1.42. The Kier molecular flexibility index (Phi) is 7.64. The fourth-order valence-corrected chi connectivity index (χ4v) is 5.80. The fraction of sp³-hybridized carbons (Fsp3) is 0.481. The van der Waals surface area contributed by atoms with Crippen LogP contribution < -0.4 is 16.0 Å². The molecule has 5 rings (SSSR count). The van der Waals surface area contributed by atoms with Crippen LogP contribution >= 0.6 is 0 Å². The van der Waals surface area contributed by atoms with Crippen molar-refractivity contribution in [2.24, 2.45) is 11.7 Å². The molecule has 3 saturated heterocycles. The Bertz CT molecular complexity index is 1250. The molecule has 0 saturated carbocycles. The maximum absolute atomic E-state index is 12.4. The van der Waals surface area contributed by atoms with Gasteiger partial charge in [-0.3, -0.25) is 20.4 Å². The molecule has 0 spiro atoms. The molecule has 3 aliphatic heterocycles.